The third-order valence-electron chi connectivity index (χ3n) is 3.78. The van der Waals surface area contributed by atoms with E-state index in [2.05, 4.69) is 5.32 Å². The Morgan fingerprint density at radius 2 is 1.70 bits per heavy atom. The van der Waals surface area contributed by atoms with E-state index in [0.29, 0.717) is 12.2 Å². The fourth-order valence-electron chi connectivity index (χ4n) is 2.18. The number of benzene rings is 2. The number of hydrogen-bond donors (Lipinski definition) is 1. The lowest BCUT2D eigenvalue weighted by molar-refractivity contribution is -0.122. The Morgan fingerprint density at radius 3 is 2.26 bits per heavy atom. The van der Waals surface area contributed by atoms with Crippen LogP contribution < -0.4 is 14.8 Å². The molecule has 0 saturated carbocycles. The number of nitrogens with one attached hydrogen (secondary N) is 1. The van der Waals surface area contributed by atoms with Crippen molar-refractivity contribution in [2.45, 2.75) is 33.3 Å². The SMILES string of the molecule is CC[C@@H](Oc1ccc(OC)cc1)C(=O)Nc1ccc(C)c(C)c1. The van der Waals surface area contributed by atoms with Crippen molar-refractivity contribution in [1.82, 2.24) is 0 Å². The van der Waals surface area contributed by atoms with E-state index in [1.807, 2.05) is 51.1 Å². The van der Waals surface area contributed by atoms with Crippen LogP contribution in [0.3, 0.4) is 0 Å². The van der Waals surface area contributed by atoms with Gasteiger partial charge in [0, 0.05) is 5.69 Å². The molecule has 4 heteroatoms. The van der Waals surface area contributed by atoms with Gasteiger partial charge in [-0.15, -0.1) is 0 Å². The Labute approximate surface area is 137 Å². The summed E-state index contributed by atoms with van der Waals surface area (Å²) < 4.78 is 10.9. The highest BCUT2D eigenvalue weighted by molar-refractivity contribution is 5.94. The van der Waals surface area contributed by atoms with Crippen LogP contribution in [0.1, 0.15) is 24.5 Å². The molecule has 23 heavy (non-hydrogen) atoms. The Balaban J connectivity index is 2.03. The molecule has 0 aliphatic heterocycles. The van der Waals surface area contributed by atoms with Gasteiger partial charge in [0.05, 0.1) is 7.11 Å². The molecule has 0 aromatic heterocycles. The third-order valence-corrected chi connectivity index (χ3v) is 3.78. The summed E-state index contributed by atoms with van der Waals surface area (Å²) in [6, 6.07) is 13.1. The summed E-state index contributed by atoms with van der Waals surface area (Å²) in [5.74, 6) is 1.25. The number of anilines is 1. The first-order valence-corrected chi connectivity index (χ1v) is 7.72. The fourth-order valence-corrected chi connectivity index (χ4v) is 2.18. The van der Waals surface area contributed by atoms with E-state index in [9.17, 15) is 4.79 Å². The van der Waals surface area contributed by atoms with Crippen LogP contribution in [-0.2, 0) is 4.79 Å². The highest BCUT2D eigenvalue weighted by atomic mass is 16.5. The first-order valence-electron chi connectivity index (χ1n) is 7.72. The largest absolute Gasteiger partial charge is 0.497 e. The van der Waals surface area contributed by atoms with Gasteiger partial charge in [-0.05, 0) is 67.8 Å². The van der Waals surface area contributed by atoms with Crippen LogP contribution in [0.25, 0.3) is 0 Å². The Kier molecular flexibility index (Phi) is 5.63. The average molecular weight is 313 g/mol. The number of methoxy groups -OCH3 is 1. The van der Waals surface area contributed by atoms with Gasteiger partial charge in [0.25, 0.3) is 5.91 Å². The Hall–Kier alpha value is -2.49. The molecular formula is C19H23NO3. The molecular weight excluding hydrogens is 290 g/mol. The lowest BCUT2D eigenvalue weighted by Gasteiger charge is -2.18. The molecule has 0 bridgehead atoms. The quantitative estimate of drug-likeness (QED) is 0.873. The zero-order valence-corrected chi connectivity index (χ0v) is 14.1. The van der Waals surface area contributed by atoms with Crippen molar-refractivity contribution in [3.8, 4) is 11.5 Å². The smallest absolute Gasteiger partial charge is 0.265 e. The van der Waals surface area contributed by atoms with Gasteiger partial charge in [-0.25, -0.2) is 0 Å². The van der Waals surface area contributed by atoms with E-state index in [1.54, 1.807) is 19.2 Å². The van der Waals surface area contributed by atoms with Gasteiger partial charge in [0.15, 0.2) is 6.10 Å². The highest BCUT2D eigenvalue weighted by Gasteiger charge is 2.18. The van der Waals surface area contributed by atoms with Crippen molar-refractivity contribution in [3.05, 3.63) is 53.6 Å². The summed E-state index contributed by atoms with van der Waals surface area (Å²) in [5.41, 5.74) is 3.13. The van der Waals surface area contributed by atoms with Crippen LogP contribution in [-0.4, -0.2) is 19.1 Å². The highest BCUT2D eigenvalue weighted by Crippen LogP contribution is 2.20. The first kappa shape index (κ1) is 16.9. The number of carbonyl (C=O) groups is 1. The Morgan fingerprint density at radius 1 is 1.04 bits per heavy atom. The van der Waals surface area contributed by atoms with Crippen molar-refractivity contribution in [2.75, 3.05) is 12.4 Å². The minimum atomic E-state index is -0.537. The second kappa shape index (κ2) is 7.68. The zero-order valence-electron chi connectivity index (χ0n) is 14.1. The number of carbonyl (C=O) groups excluding carboxylic acids is 1. The van der Waals surface area contributed by atoms with Gasteiger partial charge >= 0.3 is 0 Å². The van der Waals surface area contributed by atoms with Crippen LogP contribution in [0.4, 0.5) is 5.69 Å². The second-order valence-electron chi connectivity index (χ2n) is 5.48. The summed E-state index contributed by atoms with van der Waals surface area (Å²) in [6.45, 7) is 5.99. The molecule has 122 valence electrons. The van der Waals surface area contributed by atoms with Gasteiger partial charge in [-0.3, -0.25) is 4.79 Å². The molecule has 2 aromatic carbocycles. The van der Waals surface area contributed by atoms with Crippen molar-refractivity contribution in [1.29, 1.82) is 0 Å². The molecule has 4 nitrogen and oxygen atoms in total. The van der Waals surface area contributed by atoms with Crippen molar-refractivity contribution < 1.29 is 14.3 Å². The lowest BCUT2D eigenvalue weighted by Crippen LogP contribution is -2.32. The predicted molar refractivity (Wildman–Crippen MR) is 92.2 cm³/mol. The summed E-state index contributed by atoms with van der Waals surface area (Å²) in [4.78, 5) is 12.4. The third kappa shape index (κ3) is 4.49. The molecule has 1 N–H and O–H groups in total. The number of hydrogen-bond acceptors (Lipinski definition) is 3. The van der Waals surface area contributed by atoms with Crippen LogP contribution in [0.15, 0.2) is 42.5 Å². The monoisotopic (exact) mass is 313 g/mol. The molecule has 1 atom stereocenters. The summed E-state index contributed by atoms with van der Waals surface area (Å²) in [6.07, 6.45) is 0.0490. The molecule has 0 unspecified atom stereocenters. The molecule has 0 fully saturated rings. The topological polar surface area (TPSA) is 47.6 Å². The Bertz CT molecular complexity index is 665. The zero-order chi connectivity index (χ0) is 16.8. The molecule has 0 heterocycles. The molecule has 0 aliphatic rings. The van der Waals surface area contributed by atoms with E-state index < -0.39 is 6.10 Å². The maximum Gasteiger partial charge on any atom is 0.265 e. The van der Waals surface area contributed by atoms with Gasteiger partial charge in [-0.1, -0.05) is 13.0 Å². The molecule has 1 amide bonds. The maximum atomic E-state index is 12.4. The first-order chi connectivity index (χ1) is 11.0. The van der Waals surface area contributed by atoms with Gasteiger partial charge < -0.3 is 14.8 Å². The van der Waals surface area contributed by atoms with Crippen LogP contribution >= 0.6 is 0 Å². The van der Waals surface area contributed by atoms with Gasteiger partial charge in [0.2, 0.25) is 0 Å². The normalized spacial score (nSPS) is 11.7. The molecule has 0 aliphatic carbocycles. The molecule has 0 spiro atoms. The molecule has 2 rings (SSSR count). The van der Waals surface area contributed by atoms with Crippen molar-refractivity contribution >= 4 is 11.6 Å². The number of ether oxygens (including phenoxy) is 2. The summed E-state index contributed by atoms with van der Waals surface area (Å²) >= 11 is 0. The molecule has 2 aromatic rings. The van der Waals surface area contributed by atoms with Crippen LogP contribution in [0.2, 0.25) is 0 Å². The molecule has 0 radical (unpaired) electrons. The van der Waals surface area contributed by atoms with Gasteiger partial charge in [0.1, 0.15) is 11.5 Å². The summed E-state index contributed by atoms with van der Waals surface area (Å²) in [5, 5.41) is 2.92. The summed E-state index contributed by atoms with van der Waals surface area (Å²) in [7, 11) is 1.61. The van der Waals surface area contributed by atoms with Gasteiger partial charge in [-0.2, -0.15) is 0 Å². The van der Waals surface area contributed by atoms with E-state index in [4.69, 9.17) is 9.47 Å². The maximum absolute atomic E-state index is 12.4. The molecule has 0 saturated heterocycles. The van der Waals surface area contributed by atoms with Crippen molar-refractivity contribution in [3.63, 3.8) is 0 Å². The number of amides is 1. The lowest BCUT2D eigenvalue weighted by atomic mass is 10.1. The van der Waals surface area contributed by atoms with Crippen molar-refractivity contribution in [2.24, 2.45) is 0 Å². The minimum absolute atomic E-state index is 0.147. The second-order valence-corrected chi connectivity index (χ2v) is 5.48. The standard InChI is InChI=1S/C19H23NO3/c1-5-18(23-17-10-8-16(22-4)9-11-17)19(21)20-15-7-6-13(2)14(3)12-15/h6-12,18H,5H2,1-4H3,(H,20,21)/t18-/m1/s1. The minimum Gasteiger partial charge on any atom is -0.497 e. The predicted octanol–water partition coefficient (Wildman–Crippen LogP) is 4.11. The number of aryl methyl sites for hydroxylation is 2. The number of rotatable bonds is 6. The average Bonchev–Trinajstić information content (AvgIpc) is 2.56. The van der Waals surface area contributed by atoms with Crippen LogP contribution in [0.5, 0.6) is 11.5 Å². The van der Waals surface area contributed by atoms with E-state index >= 15 is 0 Å². The van der Waals surface area contributed by atoms with E-state index in [1.165, 1.54) is 5.56 Å². The van der Waals surface area contributed by atoms with E-state index in [0.717, 1.165) is 17.0 Å². The fraction of sp³-hybridized carbons (Fsp3) is 0.316. The van der Waals surface area contributed by atoms with E-state index in [-0.39, 0.29) is 5.91 Å². The van der Waals surface area contributed by atoms with Crippen LogP contribution in [0, 0.1) is 13.8 Å².